The van der Waals surface area contributed by atoms with Crippen LogP contribution in [-0.2, 0) is 13.1 Å². The van der Waals surface area contributed by atoms with Gasteiger partial charge < -0.3 is 10.4 Å². The minimum atomic E-state index is -0.509. The van der Waals surface area contributed by atoms with Gasteiger partial charge in [0.15, 0.2) is 0 Å². The van der Waals surface area contributed by atoms with E-state index in [9.17, 15) is 9.18 Å². The molecule has 0 aliphatic rings. The van der Waals surface area contributed by atoms with E-state index >= 15 is 0 Å². The summed E-state index contributed by atoms with van der Waals surface area (Å²) in [5, 5.41) is 15.5. The molecule has 8 heteroatoms. The van der Waals surface area contributed by atoms with Crippen molar-refractivity contribution >= 4 is 33.2 Å². The van der Waals surface area contributed by atoms with Crippen molar-refractivity contribution < 1.29 is 9.50 Å². The highest BCUT2D eigenvalue weighted by molar-refractivity contribution is 9.10. The summed E-state index contributed by atoms with van der Waals surface area (Å²) in [6.07, 6.45) is 1.37. The van der Waals surface area contributed by atoms with Crippen LogP contribution in [0, 0.1) is 5.82 Å². The fraction of sp³-hybridized carbons (Fsp3) is 0.231. The Kier molecular flexibility index (Phi) is 5.33. The Balaban J connectivity index is 2.19. The van der Waals surface area contributed by atoms with Gasteiger partial charge in [-0.15, -0.1) is 0 Å². The van der Waals surface area contributed by atoms with Gasteiger partial charge in [-0.05, 0) is 18.2 Å². The smallest absolute Gasteiger partial charge is 0.287 e. The zero-order valence-corrected chi connectivity index (χ0v) is 13.2. The van der Waals surface area contributed by atoms with Crippen LogP contribution >= 0.6 is 27.5 Å². The molecule has 0 amide bonds. The summed E-state index contributed by atoms with van der Waals surface area (Å²) in [5.41, 5.74) is 0.237. The van der Waals surface area contributed by atoms with Crippen molar-refractivity contribution in [2.24, 2.45) is 0 Å². The minimum Gasteiger partial charge on any atom is -0.394 e. The number of anilines is 1. The highest BCUT2D eigenvalue weighted by atomic mass is 79.9. The van der Waals surface area contributed by atoms with Gasteiger partial charge in [0, 0.05) is 16.6 Å². The fourth-order valence-electron chi connectivity index (χ4n) is 1.71. The summed E-state index contributed by atoms with van der Waals surface area (Å²) in [6.45, 7) is 0.0223. The van der Waals surface area contributed by atoms with E-state index in [1.165, 1.54) is 12.3 Å². The van der Waals surface area contributed by atoms with E-state index in [0.717, 1.165) is 9.15 Å². The molecule has 0 radical (unpaired) electrons. The Labute approximate surface area is 133 Å². The summed E-state index contributed by atoms with van der Waals surface area (Å²) in [4.78, 5) is 11.8. The Bertz CT molecular complexity index is 708. The Morgan fingerprint density at radius 3 is 2.95 bits per heavy atom. The molecule has 1 heterocycles. The van der Waals surface area contributed by atoms with Crippen molar-refractivity contribution in [1.29, 1.82) is 0 Å². The van der Waals surface area contributed by atoms with Crippen LogP contribution in [0.15, 0.2) is 33.7 Å². The molecular formula is C13H12BrClFN3O2. The second-order valence-electron chi connectivity index (χ2n) is 4.21. The highest BCUT2D eigenvalue weighted by Gasteiger charge is 2.10. The molecule has 1 aromatic heterocycles. The molecule has 0 fully saturated rings. The van der Waals surface area contributed by atoms with Crippen LogP contribution in [0.3, 0.4) is 0 Å². The Morgan fingerprint density at radius 2 is 2.24 bits per heavy atom. The summed E-state index contributed by atoms with van der Waals surface area (Å²) >= 11 is 9.22. The molecule has 112 valence electrons. The van der Waals surface area contributed by atoms with E-state index in [1.54, 1.807) is 12.1 Å². The number of benzene rings is 1. The van der Waals surface area contributed by atoms with Crippen LogP contribution in [0.5, 0.6) is 0 Å². The minimum absolute atomic E-state index is 0.0474. The fourth-order valence-corrected chi connectivity index (χ4v) is 2.33. The van der Waals surface area contributed by atoms with Crippen molar-refractivity contribution in [3.05, 3.63) is 55.6 Å². The standard InChI is InChI=1S/C13H12BrClFN3O2/c14-9-1-2-10(16)8(5-9)6-17-11-7-18-19(3-4-20)13(21)12(11)15/h1-2,5,7,17,20H,3-4,6H2. The van der Waals surface area contributed by atoms with E-state index in [0.29, 0.717) is 11.3 Å². The molecule has 0 saturated heterocycles. The van der Waals surface area contributed by atoms with E-state index in [1.807, 2.05) is 0 Å². The molecule has 2 N–H and O–H groups in total. The molecule has 0 bridgehead atoms. The van der Waals surface area contributed by atoms with Gasteiger partial charge in [-0.1, -0.05) is 27.5 Å². The molecular weight excluding hydrogens is 365 g/mol. The quantitative estimate of drug-likeness (QED) is 0.841. The number of rotatable bonds is 5. The van der Waals surface area contributed by atoms with E-state index < -0.39 is 5.56 Å². The number of aromatic nitrogens is 2. The third-order valence-corrected chi connectivity index (χ3v) is 3.63. The molecule has 21 heavy (non-hydrogen) atoms. The summed E-state index contributed by atoms with van der Waals surface area (Å²) in [5.74, 6) is -0.358. The number of hydrogen-bond acceptors (Lipinski definition) is 4. The maximum absolute atomic E-state index is 13.6. The van der Waals surface area contributed by atoms with E-state index in [-0.39, 0.29) is 30.5 Å². The number of halogens is 3. The van der Waals surface area contributed by atoms with Gasteiger partial charge >= 0.3 is 0 Å². The molecule has 2 aromatic rings. The number of nitrogens with zero attached hydrogens (tertiary/aromatic N) is 2. The van der Waals surface area contributed by atoms with Gasteiger partial charge in [-0.3, -0.25) is 4.79 Å². The first-order chi connectivity index (χ1) is 10.0. The Hall–Kier alpha value is -1.44. The highest BCUT2D eigenvalue weighted by Crippen LogP contribution is 2.19. The van der Waals surface area contributed by atoms with Crippen LogP contribution in [0.25, 0.3) is 0 Å². The summed E-state index contributed by atoms with van der Waals surface area (Å²) in [6, 6.07) is 4.58. The molecule has 0 aliphatic heterocycles. The predicted molar refractivity (Wildman–Crippen MR) is 82.0 cm³/mol. The summed E-state index contributed by atoms with van der Waals surface area (Å²) < 4.78 is 15.4. The second kappa shape index (κ2) is 7.02. The van der Waals surface area contributed by atoms with Crippen LogP contribution < -0.4 is 10.9 Å². The second-order valence-corrected chi connectivity index (χ2v) is 5.51. The third-order valence-electron chi connectivity index (χ3n) is 2.77. The number of hydrogen-bond donors (Lipinski definition) is 2. The van der Waals surface area contributed by atoms with Gasteiger partial charge in [-0.25, -0.2) is 9.07 Å². The van der Waals surface area contributed by atoms with Crippen molar-refractivity contribution in [3.63, 3.8) is 0 Å². The van der Waals surface area contributed by atoms with Gasteiger partial charge in [0.05, 0.1) is 25.0 Å². The third kappa shape index (κ3) is 3.81. The monoisotopic (exact) mass is 375 g/mol. The molecule has 2 rings (SSSR count). The van der Waals surface area contributed by atoms with Gasteiger partial charge in [0.25, 0.3) is 5.56 Å². The summed E-state index contributed by atoms with van der Waals surface area (Å²) in [7, 11) is 0. The Morgan fingerprint density at radius 1 is 1.48 bits per heavy atom. The zero-order chi connectivity index (χ0) is 15.4. The van der Waals surface area contributed by atoms with Crippen LogP contribution in [-0.4, -0.2) is 21.5 Å². The van der Waals surface area contributed by atoms with E-state index in [2.05, 4.69) is 26.3 Å². The van der Waals surface area contributed by atoms with Crippen molar-refractivity contribution in [2.75, 3.05) is 11.9 Å². The van der Waals surface area contributed by atoms with E-state index in [4.69, 9.17) is 16.7 Å². The van der Waals surface area contributed by atoms with Crippen molar-refractivity contribution in [3.8, 4) is 0 Å². The van der Waals surface area contributed by atoms with Crippen LogP contribution in [0.4, 0.5) is 10.1 Å². The number of aliphatic hydroxyl groups excluding tert-OH is 1. The molecule has 0 saturated carbocycles. The maximum Gasteiger partial charge on any atom is 0.287 e. The zero-order valence-electron chi connectivity index (χ0n) is 10.8. The van der Waals surface area contributed by atoms with Crippen molar-refractivity contribution in [1.82, 2.24) is 9.78 Å². The lowest BCUT2D eigenvalue weighted by atomic mass is 10.2. The van der Waals surface area contributed by atoms with Gasteiger partial charge in [-0.2, -0.15) is 5.10 Å². The lowest BCUT2D eigenvalue weighted by Crippen LogP contribution is -2.25. The molecule has 1 aromatic carbocycles. The van der Waals surface area contributed by atoms with Gasteiger partial charge in [0.1, 0.15) is 10.8 Å². The van der Waals surface area contributed by atoms with Gasteiger partial charge in [0.2, 0.25) is 0 Å². The average Bonchev–Trinajstić information content (AvgIpc) is 2.46. The lowest BCUT2D eigenvalue weighted by molar-refractivity contribution is 0.266. The first kappa shape index (κ1) is 15.9. The predicted octanol–water partition coefficient (Wildman–Crippen LogP) is 2.40. The molecule has 0 unspecified atom stereocenters. The number of aliphatic hydroxyl groups is 1. The van der Waals surface area contributed by atoms with Crippen LogP contribution in [0.2, 0.25) is 5.02 Å². The van der Waals surface area contributed by atoms with Crippen LogP contribution in [0.1, 0.15) is 5.56 Å². The molecule has 0 atom stereocenters. The lowest BCUT2D eigenvalue weighted by Gasteiger charge is -2.10. The molecule has 0 aliphatic carbocycles. The average molecular weight is 377 g/mol. The molecule has 0 spiro atoms. The normalized spacial score (nSPS) is 10.7. The SMILES string of the molecule is O=c1c(Cl)c(NCc2cc(Br)ccc2F)cnn1CCO. The largest absolute Gasteiger partial charge is 0.394 e. The number of nitrogens with one attached hydrogen (secondary N) is 1. The maximum atomic E-state index is 13.6. The first-order valence-corrected chi connectivity index (χ1v) is 7.24. The molecule has 5 nitrogen and oxygen atoms in total. The first-order valence-electron chi connectivity index (χ1n) is 6.07. The van der Waals surface area contributed by atoms with Crippen molar-refractivity contribution in [2.45, 2.75) is 13.1 Å². The topological polar surface area (TPSA) is 67.2 Å².